The molecule has 1 saturated carbocycles. The molecule has 0 radical (unpaired) electrons. The van der Waals surface area contributed by atoms with E-state index in [1.54, 1.807) is 0 Å². The Hall–Kier alpha value is -2.63. The summed E-state index contributed by atoms with van der Waals surface area (Å²) in [6.07, 6.45) is 4.84. The van der Waals surface area contributed by atoms with Gasteiger partial charge in [-0.3, -0.25) is 9.59 Å². The van der Waals surface area contributed by atoms with E-state index in [9.17, 15) is 9.59 Å². The molecule has 0 saturated heterocycles. The Morgan fingerprint density at radius 1 is 1.18 bits per heavy atom. The minimum Gasteiger partial charge on any atom is -0.347 e. The van der Waals surface area contributed by atoms with Crippen LogP contribution in [0.1, 0.15) is 83.4 Å². The van der Waals surface area contributed by atoms with E-state index in [1.165, 1.54) is 0 Å². The summed E-state index contributed by atoms with van der Waals surface area (Å²) in [4.78, 5) is 30.3. The van der Waals surface area contributed by atoms with Crippen molar-refractivity contribution in [2.45, 2.75) is 71.4 Å². The largest absolute Gasteiger partial charge is 0.347 e. The molecule has 2 aromatic rings. The molecule has 4 rings (SSSR count). The van der Waals surface area contributed by atoms with Crippen LogP contribution in [0.3, 0.4) is 0 Å². The number of amides is 2. The molecule has 1 aromatic carbocycles. The topological polar surface area (TPSA) is 76.0 Å². The summed E-state index contributed by atoms with van der Waals surface area (Å²) in [6.45, 7) is 6.97. The summed E-state index contributed by atoms with van der Waals surface area (Å²) in [5.41, 5.74) is 4.25. The van der Waals surface area contributed by atoms with Crippen LogP contribution in [-0.2, 0) is 13.0 Å². The van der Waals surface area contributed by atoms with Gasteiger partial charge in [-0.15, -0.1) is 0 Å². The highest BCUT2D eigenvalue weighted by atomic mass is 16.2. The second-order valence-corrected chi connectivity index (χ2v) is 8.24. The van der Waals surface area contributed by atoms with Crippen LogP contribution in [0, 0.1) is 6.92 Å². The Kier molecular flexibility index (Phi) is 4.96. The van der Waals surface area contributed by atoms with E-state index >= 15 is 0 Å². The lowest BCUT2D eigenvalue weighted by Gasteiger charge is -2.18. The first-order valence-electron chi connectivity index (χ1n) is 10.3. The number of anilines is 1. The van der Waals surface area contributed by atoms with Crippen LogP contribution < -0.4 is 10.6 Å². The van der Waals surface area contributed by atoms with Gasteiger partial charge in [-0.25, -0.2) is 4.98 Å². The molecular formula is C22H28N4O2. The van der Waals surface area contributed by atoms with Crippen molar-refractivity contribution in [2.75, 3.05) is 5.32 Å². The number of fused-ring (bicyclic) bond motifs is 1. The summed E-state index contributed by atoms with van der Waals surface area (Å²) < 4.78 is 1.94. The number of carbonyl (C=O) groups is 2. The number of hydrogen-bond acceptors (Lipinski definition) is 3. The third-order valence-electron chi connectivity index (χ3n) is 5.61. The van der Waals surface area contributed by atoms with Crippen LogP contribution >= 0.6 is 0 Å². The van der Waals surface area contributed by atoms with Gasteiger partial charge in [0.05, 0.1) is 5.69 Å². The number of aryl methyl sites for hydroxylation is 1. The Balaban J connectivity index is 1.67. The van der Waals surface area contributed by atoms with Gasteiger partial charge in [0, 0.05) is 18.3 Å². The van der Waals surface area contributed by atoms with Crippen LogP contribution in [0.5, 0.6) is 0 Å². The van der Waals surface area contributed by atoms with Gasteiger partial charge in [-0.2, -0.15) is 0 Å². The molecule has 28 heavy (non-hydrogen) atoms. The van der Waals surface area contributed by atoms with E-state index in [1.807, 2.05) is 29.7 Å². The lowest BCUT2D eigenvalue weighted by Crippen LogP contribution is -2.29. The molecule has 0 spiro atoms. The van der Waals surface area contributed by atoms with Crippen LogP contribution in [0.2, 0.25) is 0 Å². The fraction of sp³-hybridized carbons (Fsp3) is 0.500. The van der Waals surface area contributed by atoms with E-state index in [0.29, 0.717) is 17.4 Å². The van der Waals surface area contributed by atoms with Crippen molar-refractivity contribution in [2.24, 2.45) is 0 Å². The van der Waals surface area contributed by atoms with Gasteiger partial charge in [0.2, 0.25) is 0 Å². The molecule has 6 heteroatoms. The molecule has 2 N–H and O–H groups in total. The standard InChI is InChI=1S/C22H28N4O2/c1-13(2)16-8-6-7-14(3)18(16)25-21(27)19-17-9-4-5-12-26(17)20(24-19)22(28)23-15-10-11-15/h6-8,13,15H,4-5,9-12H2,1-3H3,(H,23,28)(H,25,27). The van der Waals surface area contributed by atoms with Gasteiger partial charge in [-0.1, -0.05) is 32.0 Å². The van der Waals surface area contributed by atoms with Crippen molar-refractivity contribution in [3.05, 3.63) is 46.5 Å². The second kappa shape index (κ2) is 7.41. The molecule has 0 bridgehead atoms. The first-order chi connectivity index (χ1) is 13.5. The van der Waals surface area contributed by atoms with E-state index in [4.69, 9.17) is 0 Å². The number of nitrogens with zero attached hydrogens (tertiary/aromatic N) is 2. The van der Waals surface area contributed by atoms with Crippen LogP contribution in [0.25, 0.3) is 0 Å². The number of carbonyl (C=O) groups excluding carboxylic acids is 2. The van der Waals surface area contributed by atoms with Gasteiger partial charge < -0.3 is 15.2 Å². The molecule has 2 aliphatic rings. The SMILES string of the molecule is Cc1cccc(C(C)C)c1NC(=O)c1nc(C(=O)NC2CC2)n2c1CCCC2. The average Bonchev–Trinajstić information content (AvgIpc) is 3.39. The molecule has 6 nitrogen and oxygen atoms in total. The van der Waals surface area contributed by atoms with Crippen molar-refractivity contribution in [1.29, 1.82) is 0 Å². The Morgan fingerprint density at radius 3 is 2.68 bits per heavy atom. The fourth-order valence-electron chi connectivity index (χ4n) is 3.89. The van der Waals surface area contributed by atoms with Crippen molar-refractivity contribution in [1.82, 2.24) is 14.9 Å². The number of aromatic nitrogens is 2. The van der Waals surface area contributed by atoms with Crippen molar-refractivity contribution < 1.29 is 9.59 Å². The number of benzene rings is 1. The minimum atomic E-state index is -0.229. The molecule has 0 atom stereocenters. The summed E-state index contributed by atoms with van der Waals surface area (Å²) in [6, 6.07) is 6.32. The van der Waals surface area contributed by atoms with Crippen LogP contribution in [0.15, 0.2) is 18.2 Å². The quantitative estimate of drug-likeness (QED) is 0.828. The Labute approximate surface area is 165 Å². The highest BCUT2D eigenvalue weighted by Crippen LogP contribution is 2.29. The van der Waals surface area contributed by atoms with Crippen LogP contribution in [-0.4, -0.2) is 27.4 Å². The fourth-order valence-corrected chi connectivity index (χ4v) is 3.89. The lowest BCUT2D eigenvalue weighted by molar-refractivity contribution is 0.0935. The number of imidazole rings is 1. The molecule has 148 valence electrons. The van der Waals surface area contributed by atoms with Crippen molar-refractivity contribution in [3.63, 3.8) is 0 Å². The first-order valence-corrected chi connectivity index (χ1v) is 10.3. The smallest absolute Gasteiger partial charge is 0.287 e. The Bertz CT molecular complexity index is 925. The molecule has 1 aromatic heterocycles. The number of nitrogens with one attached hydrogen (secondary N) is 2. The first kappa shape index (κ1) is 18.7. The van der Waals surface area contributed by atoms with E-state index < -0.39 is 0 Å². The van der Waals surface area contributed by atoms with E-state index in [2.05, 4.69) is 29.5 Å². The number of rotatable bonds is 5. The highest BCUT2D eigenvalue weighted by molar-refractivity contribution is 6.05. The molecule has 2 amide bonds. The number of para-hydroxylation sites is 1. The third kappa shape index (κ3) is 3.55. The van der Waals surface area contributed by atoms with Gasteiger partial charge in [-0.05, 0) is 56.1 Å². The van der Waals surface area contributed by atoms with Crippen LogP contribution in [0.4, 0.5) is 5.69 Å². The average molecular weight is 380 g/mol. The zero-order valence-corrected chi connectivity index (χ0v) is 16.8. The zero-order valence-electron chi connectivity index (χ0n) is 16.8. The molecule has 2 heterocycles. The maximum absolute atomic E-state index is 13.2. The summed E-state index contributed by atoms with van der Waals surface area (Å²) >= 11 is 0. The van der Waals surface area contributed by atoms with E-state index in [-0.39, 0.29) is 17.9 Å². The van der Waals surface area contributed by atoms with Crippen molar-refractivity contribution in [3.8, 4) is 0 Å². The van der Waals surface area contributed by atoms with Gasteiger partial charge in [0.15, 0.2) is 11.5 Å². The Morgan fingerprint density at radius 2 is 1.96 bits per heavy atom. The normalized spacial score (nSPS) is 16.0. The van der Waals surface area contributed by atoms with Gasteiger partial charge in [0.25, 0.3) is 11.8 Å². The third-order valence-corrected chi connectivity index (χ3v) is 5.61. The molecular weight excluding hydrogens is 352 g/mol. The lowest BCUT2D eigenvalue weighted by atomic mass is 9.98. The van der Waals surface area contributed by atoms with Gasteiger partial charge >= 0.3 is 0 Å². The second-order valence-electron chi connectivity index (χ2n) is 8.24. The maximum Gasteiger partial charge on any atom is 0.287 e. The molecule has 1 aliphatic carbocycles. The summed E-state index contributed by atoms with van der Waals surface area (Å²) in [7, 11) is 0. The molecule has 1 aliphatic heterocycles. The summed E-state index contributed by atoms with van der Waals surface area (Å²) in [5.74, 6) is 0.280. The molecule has 1 fully saturated rings. The maximum atomic E-state index is 13.2. The van der Waals surface area contributed by atoms with Crippen molar-refractivity contribution >= 4 is 17.5 Å². The number of hydrogen-bond donors (Lipinski definition) is 2. The minimum absolute atomic E-state index is 0.163. The highest BCUT2D eigenvalue weighted by Gasteiger charge is 2.31. The summed E-state index contributed by atoms with van der Waals surface area (Å²) in [5, 5.41) is 6.09. The predicted molar refractivity (Wildman–Crippen MR) is 109 cm³/mol. The monoisotopic (exact) mass is 380 g/mol. The predicted octanol–water partition coefficient (Wildman–Crippen LogP) is 3.80. The zero-order chi connectivity index (χ0) is 19.8. The van der Waals surface area contributed by atoms with Gasteiger partial charge in [0.1, 0.15) is 0 Å². The molecule has 0 unspecified atom stereocenters. The van der Waals surface area contributed by atoms with E-state index in [0.717, 1.165) is 61.2 Å².